The van der Waals surface area contributed by atoms with Crippen LogP contribution in [0.2, 0.25) is 0 Å². The standard InChI is InChI=1S/C15H9FN4/c16-12-8-18-5-3-10(12)13-2-1-9-11-7-17-6-4-14(11)20-15(9)19-13/h1-8H,(H,19,20). The van der Waals surface area contributed by atoms with Gasteiger partial charge in [-0.15, -0.1) is 0 Å². The predicted octanol–water partition coefficient (Wildman–Crippen LogP) is 3.31. The molecule has 0 fully saturated rings. The van der Waals surface area contributed by atoms with E-state index in [1.54, 1.807) is 30.7 Å². The summed E-state index contributed by atoms with van der Waals surface area (Å²) in [6.45, 7) is 0. The zero-order chi connectivity index (χ0) is 13.5. The van der Waals surface area contributed by atoms with E-state index < -0.39 is 0 Å². The quantitative estimate of drug-likeness (QED) is 0.574. The van der Waals surface area contributed by atoms with Gasteiger partial charge in [0, 0.05) is 34.9 Å². The van der Waals surface area contributed by atoms with Crippen molar-refractivity contribution in [1.29, 1.82) is 0 Å². The van der Waals surface area contributed by atoms with Crippen molar-refractivity contribution in [3.05, 3.63) is 54.9 Å². The number of hydrogen-bond acceptors (Lipinski definition) is 3. The number of aromatic amines is 1. The molecule has 4 aromatic rings. The molecule has 0 atom stereocenters. The summed E-state index contributed by atoms with van der Waals surface area (Å²) in [5, 5.41) is 1.99. The molecule has 0 aliphatic rings. The number of fused-ring (bicyclic) bond motifs is 3. The second kappa shape index (κ2) is 4.09. The van der Waals surface area contributed by atoms with Crippen molar-refractivity contribution in [1.82, 2.24) is 19.9 Å². The predicted molar refractivity (Wildman–Crippen MR) is 74.6 cm³/mol. The Labute approximate surface area is 113 Å². The monoisotopic (exact) mass is 264 g/mol. The van der Waals surface area contributed by atoms with E-state index in [9.17, 15) is 4.39 Å². The highest BCUT2D eigenvalue weighted by Gasteiger charge is 2.10. The average Bonchev–Trinajstić information content (AvgIpc) is 2.85. The molecule has 4 heterocycles. The van der Waals surface area contributed by atoms with Gasteiger partial charge in [-0.05, 0) is 24.3 Å². The van der Waals surface area contributed by atoms with Gasteiger partial charge in [0.05, 0.1) is 17.4 Å². The van der Waals surface area contributed by atoms with E-state index >= 15 is 0 Å². The molecule has 0 saturated carbocycles. The first kappa shape index (κ1) is 11.0. The summed E-state index contributed by atoms with van der Waals surface area (Å²) in [5.74, 6) is -0.378. The summed E-state index contributed by atoms with van der Waals surface area (Å²) in [7, 11) is 0. The molecule has 20 heavy (non-hydrogen) atoms. The Morgan fingerprint density at radius 1 is 0.900 bits per heavy atom. The molecule has 1 N–H and O–H groups in total. The minimum absolute atomic E-state index is 0.378. The maximum absolute atomic E-state index is 13.8. The van der Waals surface area contributed by atoms with Crippen molar-refractivity contribution in [2.75, 3.05) is 0 Å². The van der Waals surface area contributed by atoms with Crippen LogP contribution in [0.3, 0.4) is 0 Å². The number of H-pyrrole nitrogens is 1. The van der Waals surface area contributed by atoms with Crippen molar-refractivity contribution >= 4 is 21.9 Å². The summed E-state index contributed by atoms with van der Waals surface area (Å²) in [5.41, 5.74) is 2.71. The van der Waals surface area contributed by atoms with Crippen LogP contribution in [0.25, 0.3) is 33.2 Å². The lowest BCUT2D eigenvalue weighted by Gasteiger charge is -2.01. The van der Waals surface area contributed by atoms with E-state index in [2.05, 4.69) is 19.9 Å². The van der Waals surface area contributed by atoms with Crippen molar-refractivity contribution in [2.45, 2.75) is 0 Å². The molecule has 4 nitrogen and oxygen atoms in total. The Balaban J connectivity index is 2.00. The largest absolute Gasteiger partial charge is 0.339 e. The molecule has 0 bridgehead atoms. The van der Waals surface area contributed by atoms with Crippen LogP contribution in [0.4, 0.5) is 4.39 Å². The van der Waals surface area contributed by atoms with E-state index in [1.807, 2.05) is 12.1 Å². The second-order valence-electron chi connectivity index (χ2n) is 4.49. The first-order valence-electron chi connectivity index (χ1n) is 6.15. The van der Waals surface area contributed by atoms with Crippen LogP contribution in [-0.2, 0) is 0 Å². The van der Waals surface area contributed by atoms with Gasteiger partial charge in [0.25, 0.3) is 0 Å². The highest BCUT2D eigenvalue weighted by atomic mass is 19.1. The van der Waals surface area contributed by atoms with Gasteiger partial charge in [0.2, 0.25) is 0 Å². The number of pyridine rings is 3. The smallest absolute Gasteiger partial charge is 0.150 e. The summed E-state index contributed by atoms with van der Waals surface area (Å²) in [4.78, 5) is 15.6. The van der Waals surface area contributed by atoms with Gasteiger partial charge in [-0.1, -0.05) is 0 Å². The highest BCUT2D eigenvalue weighted by molar-refractivity contribution is 6.05. The molecular formula is C15H9FN4. The normalized spacial score (nSPS) is 11.2. The molecule has 0 amide bonds. The summed E-state index contributed by atoms with van der Waals surface area (Å²) >= 11 is 0. The number of nitrogens with one attached hydrogen (secondary N) is 1. The number of nitrogens with zero attached hydrogens (tertiary/aromatic N) is 3. The fourth-order valence-corrected chi connectivity index (χ4v) is 2.35. The molecule has 0 spiro atoms. The van der Waals surface area contributed by atoms with E-state index in [0.717, 1.165) is 21.9 Å². The van der Waals surface area contributed by atoms with Crippen LogP contribution in [0.5, 0.6) is 0 Å². The van der Waals surface area contributed by atoms with Gasteiger partial charge in [0.1, 0.15) is 5.65 Å². The van der Waals surface area contributed by atoms with Crippen molar-refractivity contribution in [2.24, 2.45) is 0 Å². The Hall–Kier alpha value is -2.82. The van der Waals surface area contributed by atoms with Gasteiger partial charge >= 0.3 is 0 Å². The minimum Gasteiger partial charge on any atom is -0.339 e. The maximum Gasteiger partial charge on any atom is 0.150 e. The fraction of sp³-hybridized carbons (Fsp3) is 0. The van der Waals surface area contributed by atoms with Crippen molar-refractivity contribution < 1.29 is 4.39 Å². The third-order valence-corrected chi connectivity index (χ3v) is 3.31. The van der Waals surface area contributed by atoms with Gasteiger partial charge in [-0.3, -0.25) is 9.97 Å². The Morgan fingerprint density at radius 2 is 1.75 bits per heavy atom. The molecule has 4 rings (SSSR count). The van der Waals surface area contributed by atoms with Crippen LogP contribution in [0.15, 0.2) is 49.1 Å². The van der Waals surface area contributed by atoms with E-state index in [0.29, 0.717) is 11.3 Å². The molecule has 0 saturated heterocycles. The van der Waals surface area contributed by atoms with Crippen LogP contribution in [0.1, 0.15) is 0 Å². The molecule has 4 aromatic heterocycles. The van der Waals surface area contributed by atoms with Crippen molar-refractivity contribution in [3.63, 3.8) is 0 Å². The molecular weight excluding hydrogens is 255 g/mol. The second-order valence-corrected chi connectivity index (χ2v) is 4.49. The van der Waals surface area contributed by atoms with Crippen LogP contribution in [0, 0.1) is 5.82 Å². The lowest BCUT2D eigenvalue weighted by atomic mass is 10.1. The number of hydrogen-bond donors (Lipinski definition) is 1. The van der Waals surface area contributed by atoms with Crippen LogP contribution in [-0.4, -0.2) is 19.9 Å². The summed E-state index contributed by atoms with van der Waals surface area (Å²) < 4.78 is 13.8. The lowest BCUT2D eigenvalue weighted by molar-refractivity contribution is 0.624. The van der Waals surface area contributed by atoms with E-state index in [1.165, 1.54) is 6.20 Å². The van der Waals surface area contributed by atoms with Gasteiger partial charge < -0.3 is 4.98 Å². The molecule has 0 unspecified atom stereocenters. The maximum atomic E-state index is 13.8. The summed E-state index contributed by atoms with van der Waals surface area (Å²) in [6.07, 6.45) is 6.26. The molecule has 96 valence electrons. The number of halogens is 1. The average molecular weight is 264 g/mol. The molecule has 5 heteroatoms. The van der Waals surface area contributed by atoms with Gasteiger partial charge in [-0.25, -0.2) is 9.37 Å². The SMILES string of the molecule is Fc1cnccc1-c1ccc2c(n1)[nH]c1ccncc12. The first-order valence-corrected chi connectivity index (χ1v) is 6.15. The van der Waals surface area contributed by atoms with Crippen LogP contribution < -0.4 is 0 Å². The van der Waals surface area contributed by atoms with Gasteiger partial charge in [0.15, 0.2) is 5.82 Å². The van der Waals surface area contributed by atoms with Crippen LogP contribution >= 0.6 is 0 Å². The zero-order valence-corrected chi connectivity index (χ0v) is 10.3. The van der Waals surface area contributed by atoms with Gasteiger partial charge in [-0.2, -0.15) is 0 Å². The number of rotatable bonds is 1. The van der Waals surface area contributed by atoms with Crippen molar-refractivity contribution in [3.8, 4) is 11.3 Å². The minimum atomic E-state index is -0.378. The lowest BCUT2D eigenvalue weighted by Crippen LogP contribution is -1.89. The Morgan fingerprint density at radius 3 is 2.65 bits per heavy atom. The summed E-state index contributed by atoms with van der Waals surface area (Å²) in [6, 6.07) is 7.25. The van der Waals surface area contributed by atoms with E-state index in [-0.39, 0.29) is 5.82 Å². The fourth-order valence-electron chi connectivity index (χ4n) is 2.35. The molecule has 0 aliphatic carbocycles. The third-order valence-electron chi connectivity index (χ3n) is 3.31. The Bertz CT molecular complexity index is 929. The highest BCUT2D eigenvalue weighted by Crippen LogP contribution is 2.27. The first-order chi connectivity index (χ1) is 9.83. The molecule has 0 aromatic carbocycles. The zero-order valence-electron chi connectivity index (χ0n) is 10.3. The molecule has 0 radical (unpaired) electrons. The topological polar surface area (TPSA) is 54.5 Å². The molecule has 0 aliphatic heterocycles. The Kier molecular flexibility index (Phi) is 2.26. The third kappa shape index (κ3) is 1.56. The van der Waals surface area contributed by atoms with E-state index in [4.69, 9.17) is 0 Å². The number of aromatic nitrogens is 4.